The molecule has 1 atom stereocenters. The van der Waals surface area contributed by atoms with Crippen molar-refractivity contribution in [1.29, 1.82) is 5.26 Å². The van der Waals surface area contributed by atoms with Crippen LogP contribution in [0.15, 0.2) is 42.5 Å². The standard InChI is InChI=1S/C23H26N2O4/c1-27-20-12-11-18(13-21(20)29-19-5-3-4-6-19)22(28-2)23(26)25-15-17-9-7-16(14-24)8-10-17/h7-13,19,22H,3-6,15H2,1-2H3,(H,25,26)/t22-/m0/s1. The van der Waals surface area contributed by atoms with Gasteiger partial charge in [-0.25, -0.2) is 0 Å². The van der Waals surface area contributed by atoms with E-state index in [-0.39, 0.29) is 12.0 Å². The average molecular weight is 394 g/mol. The van der Waals surface area contributed by atoms with E-state index in [1.54, 1.807) is 25.3 Å². The number of amides is 1. The second kappa shape index (κ2) is 9.94. The van der Waals surface area contributed by atoms with Crippen LogP contribution in [-0.4, -0.2) is 26.2 Å². The lowest BCUT2D eigenvalue weighted by Gasteiger charge is -2.20. The van der Waals surface area contributed by atoms with E-state index in [1.807, 2.05) is 24.3 Å². The monoisotopic (exact) mass is 394 g/mol. The molecule has 6 nitrogen and oxygen atoms in total. The number of nitrogens with zero attached hydrogens (tertiary/aromatic N) is 1. The Hall–Kier alpha value is -3.04. The van der Waals surface area contributed by atoms with Gasteiger partial charge in [0.25, 0.3) is 5.91 Å². The molecular weight excluding hydrogens is 368 g/mol. The van der Waals surface area contributed by atoms with Crippen LogP contribution in [0.5, 0.6) is 11.5 Å². The van der Waals surface area contributed by atoms with Crippen LogP contribution in [0, 0.1) is 11.3 Å². The third-order valence-electron chi connectivity index (χ3n) is 5.11. The number of nitrogens with one attached hydrogen (secondary N) is 1. The fourth-order valence-electron chi connectivity index (χ4n) is 3.51. The smallest absolute Gasteiger partial charge is 0.254 e. The molecule has 29 heavy (non-hydrogen) atoms. The molecule has 152 valence electrons. The first-order chi connectivity index (χ1) is 14.1. The van der Waals surface area contributed by atoms with Crippen molar-refractivity contribution in [2.45, 2.75) is 44.4 Å². The highest BCUT2D eigenvalue weighted by Gasteiger charge is 2.23. The molecule has 6 heteroatoms. The Bertz CT molecular complexity index is 867. The minimum absolute atomic E-state index is 0.186. The van der Waals surface area contributed by atoms with Crippen molar-refractivity contribution in [3.63, 3.8) is 0 Å². The normalized spacial score (nSPS) is 14.8. The van der Waals surface area contributed by atoms with Gasteiger partial charge in [0.2, 0.25) is 0 Å². The number of methoxy groups -OCH3 is 2. The highest BCUT2D eigenvalue weighted by molar-refractivity contribution is 5.82. The van der Waals surface area contributed by atoms with Crippen molar-refractivity contribution in [3.8, 4) is 17.6 Å². The summed E-state index contributed by atoms with van der Waals surface area (Å²) in [5.74, 6) is 1.04. The Balaban J connectivity index is 1.70. The quantitative estimate of drug-likeness (QED) is 0.735. The number of ether oxygens (including phenoxy) is 3. The van der Waals surface area contributed by atoms with Gasteiger partial charge in [0, 0.05) is 13.7 Å². The lowest BCUT2D eigenvalue weighted by Crippen LogP contribution is -2.30. The zero-order valence-electron chi connectivity index (χ0n) is 16.8. The van der Waals surface area contributed by atoms with Gasteiger partial charge in [-0.15, -0.1) is 0 Å². The molecule has 1 saturated carbocycles. The van der Waals surface area contributed by atoms with E-state index in [0.717, 1.165) is 18.4 Å². The number of hydrogen-bond acceptors (Lipinski definition) is 5. The van der Waals surface area contributed by atoms with Gasteiger partial charge in [0.1, 0.15) is 0 Å². The summed E-state index contributed by atoms with van der Waals surface area (Å²) in [6, 6.07) is 14.6. The summed E-state index contributed by atoms with van der Waals surface area (Å²) in [6.07, 6.45) is 3.84. The molecule has 0 unspecified atom stereocenters. The minimum Gasteiger partial charge on any atom is -0.493 e. The van der Waals surface area contributed by atoms with Crippen molar-refractivity contribution in [2.24, 2.45) is 0 Å². The maximum Gasteiger partial charge on any atom is 0.254 e. The third kappa shape index (κ3) is 5.27. The molecule has 0 bridgehead atoms. The molecule has 0 aromatic heterocycles. The van der Waals surface area contributed by atoms with E-state index >= 15 is 0 Å². The summed E-state index contributed by atoms with van der Waals surface area (Å²) in [4.78, 5) is 12.7. The predicted molar refractivity (Wildman–Crippen MR) is 109 cm³/mol. The van der Waals surface area contributed by atoms with Crippen LogP contribution in [0.4, 0.5) is 0 Å². The Kier molecular flexibility index (Phi) is 7.09. The van der Waals surface area contributed by atoms with Crippen molar-refractivity contribution in [1.82, 2.24) is 5.32 Å². The SMILES string of the molecule is COc1ccc([C@H](OC)C(=O)NCc2ccc(C#N)cc2)cc1OC1CCCC1. The molecule has 1 aliphatic rings. The first-order valence-corrected chi connectivity index (χ1v) is 9.78. The molecule has 0 radical (unpaired) electrons. The van der Waals surface area contributed by atoms with Crippen LogP contribution in [0.2, 0.25) is 0 Å². The fraction of sp³-hybridized carbons (Fsp3) is 0.391. The van der Waals surface area contributed by atoms with Crippen LogP contribution in [0.3, 0.4) is 0 Å². The van der Waals surface area contributed by atoms with Gasteiger partial charge < -0.3 is 19.5 Å². The van der Waals surface area contributed by atoms with Crippen molar-refractivity contribution >= 4 is 5.91 Å². The number of nitriles is 1. The van der Waals surface area contributed by atoms with E-state index in [0.29, 0.717) is 29.2 Å². The van der Waals surface area contributed by atoms with Gasteiger partial charge in [0.05, 0.1) is 24.8 Å². The molecule has 2 aromatic rings. The van der Waals surface area contributed by atoms with Crippen molar-refractivity contribution in [2.75, 3.05) is 14.2 Å². The van der Waals surface area contributed by atoms with Gasteiger partial charge in [-0.3, -0.25) is 4.79 Å². The Morgan fingerprint density at radius 2 is 1.86 bits per heavy atom. The second-order valence-electron chi connectivity index (χ2n) is 7.08. The number of benzene rings is 2. The molecule has 3 rings (SSSR count). The van der Waals surface area contributed by atoms with Crippen LogP contribution in [0.25, 0.3) is 0 Å². The molecular formula is C23H26N2O4. The number of carbonyl (C=O) groups excluding carboxylic acids is 1. The van der Waals surface area contributed by atoms with Crippen LogP contribution in [-0.2, 0) is 16.1 Å². The Labute approximate surface area is 171 Å². The largest absolute Gasteiger partial charge is 0.493 e. The van der Waals surface area contributed by atoms with E-state index in [2.05, 4.69) is 11.4 Å². The first kappa shape index (κ1) is 20.7. The third-order valence-corrected chi connectivity index (χ3v) is 5.11. The van der Waals surface area contributed by atoms with Gasteiger partial charge in [-0.1, -0.05) is 18.2 Å². The maximum absolute atomic E-state index is 12.7. The summed E-state index contributed by atoms with van der Waals surface area (Å²) in [5.41, 5.74) is 2.20. The highest BCUT2D eigenvalue weighted by atomic mass is 16.5. The van der Waals surface area contributed by atoms with Crippen molar-refractivity contribution < 1.29 is 19.0 Å². The average Bonchev–Trinajstić information content (AvgIpc) is 3.26. The van der Waals surface area contributed by atoms with Crippen LogP contribution in [0.1, 0.15) is 48.5 Å². The number of carbonyl (C=O) groups is 1. The Morgan fingerprint density at radius 1 is 1.14 bits per heavy atom. The number of hydrogen-bond donors (Lipinski definition) is 1. The van der Waals surface area contributed by atoms with Gasteiger partial charge in [0.15, 0.2) is 17.6 Å². The van der Waals surface area contributed by atoms with E-state index in [9.17, 15) is 4.79 Å². The minimum atomic E-state index is -0.759. The molecule has 2 aromatic carbocycles. The van der Waals surface area contributed by atoms with Crippen molar-refractivity contribution in [3.05, 3.63) is 59.2 Å². The fourth-order valence-corrected chi connectivity index (χ4v) is 3.51. The summed E-state index contributed by atoms with van der Waals surface area (Å²) >= 11 is 0. The molecule has 1 fully saturated rings. The summed E-state index contributed by atoms with van der Waals surface area (Å²) in [7, 11) is 3.11. The molecule has 1 N–H and O–H groups in total. The zero-order valence-corrected chi connectivity index (χ0v) is 16.8. The van der Waals surface area contributed by atoms with Gasteiger partial charge >= 0.3 is 0 Å². The Morgan fingerprint density at radius 3 is 2.48 bits per heavy atom. The molecule has 0 aliphatic heterocycles. The van der Waals surface area contributed by atoms with E-state index in [4.69, 9.17) is 19.5 Å². The summed E-state index contributed by atoms with van der Waals surface area (Å²) in [6.45, 7) is 0.353. The first-order valence-electron chi connectivity index (χ1n) is 9.78. The molecule has 1 aliphatic carbocycles. The zero-order chi connectivity index (χ0) is 20.6. The van der Waals surface area contributed by atoms with Crippen LogP contribution >= 0.6 is 0 Å². The molecule has 0 heterocycles. The maximum atomic E-state index is 12.7. The molecule has 1 amide bonds. The van der Waals surface area contributed by atoms with E-state index in [1.165, 1.54) is 20.0 Å². The summed E-state index contributed by atoms with van der Waals surface area (Å²) < 4.78 is 17.0. The van der Waals surface area contributed by atoms with Crippen LogP contribution < -0.4 is 14.8 Å². The highest BCUT2D eigenvalue weighted by Crippen LogP contribution is 2.34. The number of rotatable bonds is 8. The van der Waals surface area contributed by atoms with E-state index < -0.39 is 6.10 Å². The topological polar surface area (TPSA) is 80.6 Å². The second-order valence-corrected chi connectivity index (χ2v) is 7.08. The lowest BCUT2D eigenvalue weighted by molar-refractivity contribution is -0.131. The summed E-state index contributed by atoms with van der Waals surface area (Å²) in [5, 5.41) is 11.8. The molecule has 0 spiro atoms. The molecule has 0 saturated heterocycles. The lowest BCUT2D eigenvalue weighted by atomic mass is 10.1. The predicted octanol–water partition coefficient (Wildman–Crippen LogP) is 3.89. The van der Waals surface area contributed by atoms with Gasteiger partial charge in [-0.05, 0) is 61.1 Å². The van der Waals surface area contributed by atoms with Gasteiger partial charge in [-0.2, -0.15) is 5.26 Å².